The molecule has 0 spiro atoms. The summed E-state index contributed by atoms with van der Waals surface area (Å²) in [5.41, 5.74) is -0.574. The van der Waals surface area contributed by atoms with Crippen LogP contribution in [-0.2, 0) is 14.3 Å². The van der Waals surface area contributed by atoms with Crippen LogP contribution in [0.5, 0.6) is 0 Å². The number of esters is 1. The highest BCUT2D eigenvalue weighted by molar-refractivity contribution is 5.84. The number of nitrogens with one attached hydrogen (secondary N) is 1. The highest BCUT2D eigenvalue weighted by Gasteiger charge is 2.22. The molecular weight excluding hydrogens is 186 g/mol. The monoisotopic (exact) mass is 203 g/mol. The molecule has 0 rings (SSSR count). The largest absolute Gasteiger partial charge is 0.458 e. The molecule has 0 aromatic heterocycles. The second-order valence-electron chi connectivity index (χ2n) is 3.98. The molecule has 0 aromatic rings. The summed E-state index contributed by atoms with van der Waals surface area (Å²) in [7, 11) is 0. The zero-order chi connectivity index (χ0) is 11.4. The molecule has 1 amide bonds. The molecule has 0 aromatic carbocycles. The number of ether oxygens (including phenoxy) is 1. The average molecular weight is 203 g/mol. The molecule has 0 unspecified atom stereocenters. The third-order valence-electron chi connectivity index (χ3n) is 1.28. The minimum absolute atomic E-state index is 0.515. The lowest BCUT2D eigenvalue weighted by molar-refractivity contribution is -0.158. The van der Waals surface area contributed by atoms with Crippen molar-refractivity contribution in [2.45, 2.75) is 39.3 Å². The fourth-order valence-corrected chi connectivity index (χ4v) is 0.736. The summed E-state index contributed by atoms with van der Waals surface area (Å²) in [6, 6.07) is -0.742. The van der Waals surface area contributed by atoms with E-state index in [4.69, 9.17) is 9.84 Å². The Labute approximate surface area is 83.4 Å². The molecule has 0 saturated carbocycles. The summed E-state index contributed by atoms with van der Waals surface area (Å²) >= 11 is 0. The van der Waals surface area contributed by atoms with Crippen LogP contribution >= 0.6 is 0 Å². The molecule has 0 bridgehead atoms. The van der Waals surface area contributed by atoms with Crippen LogP contribution in [0.4, 0.5) is 0 Å². The highest BCUT2D eigenvalue weighted by atomic mass is 16.6. The van der Waals surface area contributed by atoms with E-state index in [1.54, 1.807) is 20.8 Å². The molecule has 14 heavy (non-hydrogen) atoms. The van der Waals surface area contributed by atoms with Crippen LogP contribution in [-0.4, -0.2) is 35.2 Å². The first-order valence-electron chi connectivity index (χ1n) is 4.39. The van der Waals surface area contributed by atoms with Crippen LogP contribution in [0.2, 0.25) is 0 Å². The Morgan fingerprint density at radius 1 is 1.43 bits per heavy atom. The van der Waals surface area contributed by atoms with Gasteiger partial charge in [0.15, 0.2) is 0 Å². The van der Waals surface area contributed by atoms with E-state index in [0.29, 0.717) is 0 Å². The second kappa shape index (κ2) is 4.95. The van der Waals surface area contributed by atoms with Gasteiger partial charge < -0.3 is 15.2 Å². The van der Waals surface area contributed by atoms with Gasteiger partial charge in [-0.1, -0.05) is 0 Å². The summed E-state index contributed by atoms with van der Waals surface area (Å²) in [6.07, 6.45) is 0. The van der Waals surface area contributed by atoms with Gasteiger partial charge >= 0.3 is 5.97 Å². The zero-order valence-corrected chi connectivity index (χ0v) is 8.96. The minimum Gasteiger partial charge on any atom is -0.458 e. The van der Waals surface area contributed by atoms with E-state index >= 15 is 0 Å². The van der Waals surface area contributed by atoms with Gasteiger partial charge in [-0.15, -0.1) is 0 Å². The molecule has 2 N–H and O–H groups in total. The van der Waals surface area contributed by atoms with E-state index in [1.807, 2.05) is 0 Å². The number of aliphatic hydroxyl groups is 1. The summed E-state index contributed by atoms with van der Waals surface area (Å²) in [6.45, 7) is 6.09. The maximum Gasteiger partial charge on any atom is 0.328 e. The van der Waals surface area contributed by atoms with Crippen molar-refractivity contribution in [2.24, 2.45) is 0 Å². The third kappa shape index (κ3) is 5.53. The van der Waals surface area contributed by atoms with Crippen molar-refractivity contribution in [1.82, 2.24) is 5.32 Å². The SMILES string of the molecule is C[C@H](NC(=O)CO)C(=O)OC(C)(C)C. The Balaban J connectivity index is 4.07. The number of rotatable bonds is 3. The van der Waals surface area contributed by atoms with Crippen LogP contribution in [0.25, 0.3) is 0 Å². The first-order chi connectivity index (χ1) is 6.26. The lowest BCUT2D eigenvalue weighted by Gasteiger charge is -2.22. The number of aliphatic hydroxyl groups excluding tert-OH is 1. The minimum atomic E-state index is -0.742. The van der Waals surface area contributed by atoms with E-state index in [-0.39, 0.29) is 0 Å². The van der Waals surface area contributed by atoms with Crippen molar-refractivity contribution in [3.05, 3.63) is 0 Å². The Morgan fingerprint density at radius 3 is 2.29 bits per heavy atom. The molecule has 0 aliphatic heterocycles. The lowest BCUT2D eigenvalue weighted by atomic mass is 10.2. The van der Waals surface area contributed by atoms with Gasteiger partial charge in [0.1, 0.15) is 18.2 Å². The van der Waals surface area contributed by atoms with Crippen LogP contribution < -0.4 is 5.32 Å². The molecule has 0 heterocycles. The molecule has 0 aliphatic rings. The predicted octanol–water partition coefficient (Wildman–Crippen LogP) is -0.175. The second-order valence-corrected chi connectivity index (χ2v) is 3.98. The van der Waals surface area contributed by atoms with Crippen molar-refractivity contribution in [3.8, 4) is 0 Å². The van der Waals surface area contributed by atoms with Crippen LogP contribution in [0, 0.1) is 0 Å². The van der Waals surface area contributed by atoms with Crippen molar-refractivity contribution >= 4 is 11.9 Å². The van der Waals surface area contributed by atoms with E-state index in [9.17, 15) is 9.59 Å². The predicted molar refractivity (Wildman–Crippen MR) is 50.5 cm³/mol. The molecule has 0 radical (unpaired) electrons. The van der Waals surface area contributed by atoms with Gasteiger partial charge in [-0.05, 0) is 27.7 Å². The highest BCUT2D eigenvalue weighted by Crippen LogP contribution is 2.08. The Kier molecular flexibility index (Phi) is 4.56. The molecule has 0 saturated heterocycles. The van der Waals surface area contributed by atoms with Crippen molar-refractivity contribution < 1.29 is 19.4 Å². The van der Waals surface area contributed by atoms with E-state index < -0.39 is 30.1 Å². The van der Waals surface area contributed by atoms with Gasteiger partial charge in [-0.3, -0.25) is 4.79 Å². The van der Waals surface area contributed by atoms with Gasteiger partial charge in [-0.25, -0.2) is 4.79 Å². The maximum absolute atomic E-state index is 11.3. The van der Waals surface area contributed by atoms with E-state index in [2.05, 4.69) is 5.32 Å². The van der Waals surface area contributed by atoms with E-state index in [1.165, 1.54) is 6.92 Å². The third-order valence-corrected chi connectivity index (χ3v) is 1.28. The molecule has 0 fully saturated rings. The van der Waals surface area contributed by atoms with Crippen molar-refractivity contribution in [1.29, 1.82) is 0 Å². The summed E-state index contributed by atoms with van der Waals surface area (Å²) in [4.78, 5) is 22.0. The zero-order valence-electron chi connectivity index (χ0n) is 8.96. The number of hydrogen-bond acceptors (Lipinski definition) is 4. The fourth-order valence-electron chi connectivity index (χ4n) is 0.736. The summed E-state index contributed by atoms with van der Waals surface area (Å²) < 4.78 is 5.01. The van der Waals surface area contributed by atoms with Gasteiger partial charge in [0.25, 0.3) is 0 Å². The van der Waals surface area contributed by atoms with Crippen molar-refractivity contribution in [2.75, 3.05) is 6.61 Å². The van der Waals surface area contributed by atoms with Gasteiger partial charge in [0.2, 0.25) is 5.91 Å². The van der Waals surface area contributed by atoms with Gasteiger partial charge in [-0.2, -0.15) is 0 Å². The molecule has 5 nitrogen and oxygen atoms in total. The Hall–Kier alpha value is -1.10. The van der Waals surface area contributed by atoms with Gasteiger partial charge in [0.05, 0.1) is 0 Å². The molecule has 1 atom stereocenters. The normalized spacial score (nSPS) is 13.2. The fraction of sp³-hybridized carbons (Fsp3) is 0.778. The molecule has 5 heteroatoms. The number of carbonyl (C=O) groups is 2. The number of hydrogen-bond donors (Lipinski definition) is 2. The van der Waals surface area contributed by atoms with Crippen LogP contribution in [0.1, 0.15) is 27.7 Å². The van der Waals surface area contributed by atoms with Gasteiger partial charge in [0, 0.05) is 0 Å². The maximum atomic E-state index is 11.3. The first-order valence-corrected chi connectivity index (χ1v) is 4.39. The average Bonchev–Trinajstić information content (AvgIpc) is 2.00. The Morgan fingerprint density at radius 2 is 1.93 bits per heavy atom. The molecular formula is C9H17NO4. The quantitative estimate of drug-likeness (QED) is 0.624. The summed E-state index contributed by atoms with van der Waals surface area (Å²) in [5.74, 6) is -1.11. The Bertz CT molecular complexity index is 219. The molecule has 0 aliphatic carbocycles. The topological polar surface area (TPSA) is 75.6 Å². The van der Waals surface area contributed by atoms with Crippen LogP contribution in [0.3, 0.4) is 0 Å². The first kappa shape index (κ1) is 12.9. The van der Waals surface area contributed by atoms with E-state index in [0.717, 1.165) is 0 Å². The number of carbonyl (C=O) groups excluding carboxylic acids is 2. The number of amides is 1. The van der Waals surface area contributed by atoms with Crippen LogP contribution in [0.15, 0.2) is 0 Å². The molecule has 82 valence electrons. The summed E-state index contributed by atoms with van der Waals surface area (Å²) in [5, 5.41) is 10.7. The standard InChI is InChI=1S/C9H17NO4/c1-6(10-7(12)5-11)8(13)14-9(2,3)4/h6,11H,5H2,1-4H3,(H,10,12)/t6-/m0/s1. The smallest absolute Gasteiger partial charge is 0.328 e. The lowest BCUT2D eigenvalue weighted by Crippen LogP contribution is -2.43. The van der Waals surface area contributed by atoms with Crippen molar-refractivity contribution in [3.63, 3.8) is 0 Å².